The lowest BCUT2D eigenvalue weighted by molar-refractivity contribution is 0.598. The van der Waals surface area contributed by atoms with E-state index in [4.69, 9.17) is 10.7 Å². The summed E-state index contributed by atoms with van der Waals surface area (Å²) in [7, 11) is 0. The molecule has 0 unspecified atom stereocenters. The van der Waals surface area contributed by atoms with Crippen LogP contribution in [0.5, 0.6) is 0 Å². The van der Waals surface area contributed by atoms with E-state index in [0.717, 1.165) is 23.8 Å². The largest absolute Gasteiger partial charge is 0.383 e. The van der Waals surface area contributed by atoms with Crippen molar-refractivity contribution in [1.29, 1.82) is 0 Å². The van der Waals surface area contributed by atoms with Gasteiger partial charge in [-0.15, -0.1) is 0 Å². The summed E-state index contributed by atoms with van der Waals surface area (Å²) < 4.78 is 0. The first kappa shape index (κ1) is 14.1. The Labute approximate surface area is 116 Å². The molecule has 19 heavy (non-hydrogen) atoms. The zero-order valence-corrected chi connectivity index (χ0v) is 12.8. The van der Waals surface area contributed by atoms with Crippen molar-refractivity contribution in [3.63, 3.8) is 0 Å². The lowest BCUT2D eigenvalue weighted by Gasteiger charge is -2.28. The Morgan fingerprint density at radius 3 is 2.32 bits per heavy atom. The topological polar surface area (TPSA) is 55.0 Å². The second-order valence-electron chi connectivity index (χ2n) is 6.35. The molecule has 0 aliphatic heterocycles. The molecular formula is C15H26N4. The molecule has 0 spiro atoms. The van der Waals surface area contributed by atoms with Crippen LogP contribution >= 0.6 is 0 Å². The monoisotopic (exact) mass is 262 g/mol. The Kier molecular flexibility index (Phi) is 3.97. The van der Waals surface area contributed by atoms with E-state index in [9.17, 15) is 0 Å². The lowest BCUT2D eigenvalue weighted by Crippen LogP contribution is -2.32. The van der Waals surface area contributed by atoms with Crippen molar-refractivity contribution in [3.8, 4) is 0 Å². The number of anilines is 2. The van der Waals surface area contributed by atoms with Gasteiger partial charge in [0.1, 0.15) is 17.5 Å². The number of rotatable bonds is 5. The molecule has 2 N–H and O–H groups in total. The molecule has 1 fully saturated rings. The molecule has 0 saturated heterocycles. The maximum Gasteiger partial charge on any atom is 0.137 e. The minimum Gasteiger partial charge on any atom is -0.383 e. The summed E-state index contributed by atoms with van der Waals surface area (Å²) in [6, 6.07) is 0.649. The van der Waals surface area contributed by atoms with Gasteiger partial charge < -0.3 is 10.6 Å². The first-order valence-electron chi connectivity index (χ1n) is 7.30. The van der Waals surface area contributed by atoms with Crippen LogP contribution in [-0.4, -0.2) is 22.6 Å². The average Bonchev–Trinajstić information content (AvgIpc) is 3.13. The summed E-state index contributed by atoms with van der Waals surface area (Å²) >= 11 is 0. The van der Waals surface area contributed by atoms with E-state index >= 15 is 0 Å². The third-order valence-electron chi connectivity index (χ3n) is 3.51. The zero-order chi connectivity index (χ0) is 14.2. The quantitative estimate of drug-likeness (QED) is 0.886. The average molecular weight is 262 g/mol. The van der Waals surface area contributed by atoms with E-state index < -0.39 is 0 Å². The van der Waals surface area contributed by atoms with Crippen LogP contribution in [-0.2, 0) is 0 Å². The smallest absolute Gasteiger partial charge is 0.137 e. The fraction of sp³-hybridized carbons (Fsp3) is 0.733. The summed E-state index contributed by atoms with van der Waals surface area (Å²) in [5.74, 6) is 3.46. The van der Waals surface area contributed by atoms with Crippen molar-refractivity contribution in [2.45, 2.75) is 59.4 Å². The molecule has 1 aliphatic carbocycles. The van der Waals surface area contributed by atoms with Gasteiger partial charge in [0.05, 0.1) is 0 Å². The van der Waals surface area contributed by atoms with Gasteiger partial charge in [-0.2, -0.15) is 0 Å². The molecule has 0 radical (unpaired) electrons. The van der Waals surface area contributed by atoms with Crippen LogP contribution < -0.4 is 10.6 Å². The highest BCUT2D eigenvalue weighted by atomic mass is 15.2. The number of nitrogens with zero attached hydrogens (tertiary/aromatic N) is 3. The molecular weight excluding hydrogens is 236 g/mol. The summed E-state index contributed by atoms with van der Waals surface area (Å²) in [5.41, 5.74) is 7.10. The molecule has 1 aromatic rings. The summed E-state index contributed by atoms with van der Waals surface area (Å²) in [6.45, 7) is 11.8. The standard InChI is InChI=1S/C15H26N4/c1-9(2)8-19(12-6-7-12)15-11(5)13(16)17-14(18-15)10(3)4/h9-10,12H,6-8H2,1-5H3,(H2,16,17,18). The van der Waals surface area contributed by atoms with Crippen molar-refractivity contribution >= 4 is 11.6 Å². The molecule has 0 aromatic carbocycles. The van der Waals surface area contributed by atoms with Gasteiger partial charge in [-0.3, -0.25) is 0 Å². The van der Waals surface area contributed by atoms with Gasteiger partial charge in [-0.1, -0.05) is 27.7 Å². The lowest BCUT2D eigenvalue weighted by atomic mass is 10.1. The maximum atomic E-state index is 6.07. The van der Waals surface area contributed by atoms with Crippen LogP contribution in [0.4, 0.5) is 11.6 Å². The highest BCUT2D eigenvalue weighted by Gasteiger charge is 2.32. The molecule has 4 nitrogen and oxygen atoms in total. The highest BCUT2D eigenvalue weighted by Crippen LogP contribution is 2.34. The molecule has 1 aromatic heterocycles. The van der Waals surface area contributed by atoms with Crippen molar-refractivity contribution in [2.75, 3.05) is 17.2 Å². The first-order chi connectivity index (χ1) is 8.90. The number of aromatic nitrogens is 2. The third-order valence-corrected chi connectivity index (χ3v) is 3.51. The fourth-order valence-electron chi connectivity index (χ4n) is 2.27. The van der Waals surface area contributed by atoms with E-state index in [1.165, 1.54) is 12.8 Å². The van der Waals surface area contributed by atoms with Crippen LogP contribution in [0.1, 0.15) is 57.8 Å². The van der Waals surface area contributed by atoms with Gasteiger partial charge >= 0.3 is 0 Å². The second-order valence-corrected chi connectivity index (χ2v) is 6.35. The van der Waals surface area contributed by atoms with Crippen LogP contribution in [0, 0.1) is 12.8 Å². The van der Waals surface area contributed by atoms with Gasteiger partial charge in [0, 0.05) is 24.1 Å². The van der Waals surface area contributed by atoms with E-state index in [1.54, 1.807) is 0 Å². The predicted octanol–water partition coefficient (Wildman–Crippen LogP) is 3.12. The molecule has 0 amide bonds. The SMILES string of the molecule is Cc1c(N)nc(C(C)C)nc1N(CC(C)C)C1CC1. The van der Waals surface area contributed by atoms with Gasteiger partial charge in [0.15, 0.2) is 0 Å². The Morgan fingerprint density at radius 2 is 1.84 bits per heavy atom. The number of nitrogens with two attached hydrogens (primary N) is 1. The normalized spacial score (nSPS) is 15.3. The molecule has 106 valence electrons. The van der Waals surface area contributed by atoms with Crippen molar-refractivity contribution in [2.24, 2.45) is 5.92 Å². The molecule has 1 aliphatic rings. The van der Waals surface area contributed by atoms with Crippen LogP contribution in [0.3, 0.4) is 0 Å². The molecule has 1 heterocycles. The van der Waals surface area contributed by atoms with Crippen LogP contribution in [0.15, 0.2) is 0 Å². The van der Waals surface area contributed by atoms with E-state index in [-0.39, 0.29) is 0 Å². The number of nitrogen functional groups attached to an aromatic ring is 1. The van der Waals surface area contributed by atoms with Gasteiger partial charge in [-0.05, 0) is 25.7 Å². The van der Waals surface area contributed by atoms with Crippen molar-refractivity contribution in [3.05, 3.63) is 11.4 Å². The Balaban J connectivity index is 2.39. The molecule has 2 rings (SSSR count). The molecule has 4 heteroatoms. The minimum absolute atomic E-state index is 0.307. The molecule has 1 saturated carbocycles. The third kappa shape index (κ3) is 3.17. The Morgan fingerprint density at radius 1 is 1.21 bits per heavy atom. The van der Waals surface area contributed by atoms with Crippen LogP contribution in [0.25, 0.3) is 0 Å². The van der Waals surface area contributed by atoms with Gasteiger partial charge in [-0.25, -0.2) is 9.97 Å². The predicted molar refractivity (Wildman–Crippen MR) is 80.5 cm³/mol. The summed E-state index contributed by atoms with van der Waals surface area (Å²) in [5, 5.41) is 0. The molecule has 0 bridgehead atoms. The Bertz CT molecular complexity index is 450. The zero-order valence-electron chi connectivity index (χ0n) is 12.8. The summed E-state index contributed by atoms with van der Waals surface area (Å²) in [4.78, 5) is 11.6. The van der Waals surface area contributed by atoms with E-state index in [2.05, 4.69) is 37.6 Å². The highest BCUT2D eigenvalue weighted by molar-refractivity contribution is 5.57. The van der Waals surface area contributed by atoms with Crippen LogP contribution in [0.2, 0.25) is 0 Å². The minimum atomic E-state index is 0.307. The van der Waals surface area contributed by atoms with Crippen molar-refractivity contribution in [1.82, 2.24) is 9.97 Å². The molecule has 0 atom stereocenters. The summed E-state index contributed by atoms with van der Waals surface area (Å²) in [6.07, 6.45) is 2.54. The Hall–Kier alpha value is -1.32. The van der Waals surface area contributed by atoms with E-state index in [0.29, 0.717) is 23.7 Å². The first-order valence-corrected chi connectivity index (χ1v) is 7.30. The van der Waals surface area contributed by atoms with Gasteiger partial charge in [0.25, 0.3) is 0 Å². The van der Waals surface area contributed by atoms with E-state index in [1.807, 2.05) is 6.92 Å². The van der Waals surface area contributed by atoms with Gasteiger partial charge in [0.2, 0.25) is 0 Å². The second kappa shape index (κ2) is 5.35. The maximum absolute atomic E-state index is 6.07. The number of hydrogen-bond donors (Lipinski definition) is 1. The number of hydrogen-bond acceptors (Lipinski definition) is 4. The fourth-order valence-corrected chi connectivity index (χ4v) is 2.27. The van der Waals surface area contributed by atoms with Crippen molar-refractivity contribution < 1.29 is 0 Å².